The Morgan fingerprint density at radius 1 is 0.750 bits per heavy atom. The molecule has 1 heterocycles. The van der Waals surface area contributed by atoms with Gasteiger partial charge in [-0.2, -0.15) is 0 Å². The molecule has 6 nitrogen and oxygen atoms in total. The van der Waals surface area contributed by atoms with Gasteiger partial charge in [-0.25, -0.2) is 0 Å². The molecular formula is C26H26N2O4. The molecule has 0 radical (unpaired) electrons. The Labute approximate surface area is 187 Å². The van der Waals surface area contributed by atoms with E-state index in [9.17, 15) is 0 Å². The van der Waals surface area contributed by atoms with Crippen molar-refractivity contribution >= 4 is 28.0 Å². The van der Waals surface area contributed by atoms with Gasteiger partial charge in [0.25, 0.3) is 0 Å². The highest BCUT2D eigenvalue weighted by molar-refractivity contribution is 5.89. The van der Waals surface area contributed by atoms with Crippen LogP contribution < -0.4 is 24.3 Å². The lowest BCUT2D eigenvalue weighted by molar-refractivity contribution is 0.324. The first-order valence-corrected chi connectivity index (χ1v) is 10.1. The van der Waals surface area contributed by atoms with E-state index in [4.69, 9.17) is 18.9 Å². The molecule has 0 aliphatic carbocycles. The number of nitrogens with zero attached hydrogens (tertiary/aromatic N) is 1. The molecule has 0 fully saturated rings. The molecule has 0 spiro atoms. The molecule has 4 rings (SSSR count). The zero-order valence-electron chi connectivity index (χ0n) is 18.6. The molecular weight excluding hydrogens is 404 g/mol. The summed E-state index contributed by atoms with van der Waals surface area (Å²) < 4.78 is 23.7. The van der Waals surface area contributed by atoms with Crippen LogP contribution in [-0.4, -0.2) is 33.0 Å². The summed E-state index contributed by atoms with van der Waals surface area (Å²) in [4.78, 5) is 0. The Hall–Kier alpha value is -4.06. The molecule has 0 bridgehead atoms. The number of fused-ring (bicyclic) bond motifs is 1. The van der Waals surface area contributed by atoms with Crippen LogP contribution in [0.5, 0.6) is 23.0 Å². The van der Waals surface area contributed by atoms with Gasteiger partial charge in [0.1, 0.15) is 5.75 Å². The topological polar surface area (TPSA) is 53.9 Å². The molecule has 3 aromatic carbocycles. The zero-order chi connectivity index (χ0) is 22.7. The molecule has 0 unspecified atom stereocenters. The first-order chi connectivity index (χ1) is 15.6. The van der Waals surface area contributed by atoms with Crippen LogP contribution in [0, 0.1) is 0 Å². The maximum absolute atomic E-state index is 5.50. The Morgan fingerprint density at radius 2 is 1.41 bits per heavy atom. The van der Waals surface area contributed by atoms with Crippen molar-refractivity contribution in [3.05, 3.63) is 79.0 Å². The number of aromatic nitrogens is 1. The molecule has 0 saturated heterocycles. The monoisotopic (exact) mass is 430 g/mol. The Bertz CT molecular complexity index is 1230. The standard InChI is InChI=1S/C26H26N2O4/c1-17(19-14-24(30-3)26(32-5)25(15-19)31-4)28-13-12-18-6-7-21(16-23(18)28)27-20-8-10-22(29-2)11-9-20/h6-16,27H,1H2,2-5H3. The summed E-state index contributed by atoms with van der Waals surface area (Å²) >= 11 is 0. The fourth-order valence-electron chi connectivity index (χ4n) is 3.67. The van der Waals surface area contributed by atoms with E-state index in [-0.39, 0.29) is 0 Å². The van der Waals surface area contributed by atoms with E-state index < -0.39 is 0 Å². The van der Waals surface area contributed by atoms with Crippen LogP contribution in [0.3, 0.4) is 0 Å². The highest BCUT2D eigenvalue weighted by Gasteiger charge is 2.16. The fraction of sp³-hybridized carbons (Fsp3) is 0.154. The van der Waals surface area contributed by atoms with Crippen molar-refractivity contribution in [1.29, 1.82) is 0 Å². The molecule has 6 heteroatoms. The number of rotatable bonds is 8. The van der Waals surface area contributed by atoms with Gasteiger partial charge in [0.15, 0.2) is 11.5 Å². The average Bonchev–Trinajstić information content (AvgIpc) is 3.26. The van der Waals surface area contributed by atoms with Gasteiger partial charge in [-0.1, -0.05) is 12.6 Å². The van der Waals surface area contributed by atoms with Gasteiger partial charge < -0.3 is 28.8 Å². The Morgan fingerprint density at radius 3 is 2.00 bits per heavy atom. The fourth-order valence-corrected chi connectivity index (χ4v) is 3.67. The molecule has 0 saturated carbocycles. The molecule has 0 aliphatic rings. The number of ether oxygens (including phenoxy) is 4. The van der Waals surface area contributed by atoms with Gasteiger partial charge in [0, 0.05) is 34.2 Å². The molecule has 4 aromatic rings. The van der Waals surface area contributed by atoms with Crippen LogP contribution in [0.1, 0.15) is 5.56 Å². The van der Waals surface area contributed by atoms with E-state index in [0.29, 0.717) is 17.2 Å². The van der Waals surface area contributed by atoms with Crippen molar-refractivity contribution in [2.75, 3.05) is 33.8 Å². The maximum Gasteiger partial charge on any atom is 0.203 e. The normalized spacial score (nSPS) is 10.6. The van der Waals surface area contributed by atoms with E-state index in [2.05, 4.69) is 40.7 Å². The molecule has 32 heavy (non-hydrogen) atoms. The first kappa shape index (κ1) is 21.2. The van der Waals surface area contributed by atoms with E-state index in [1.54, 1.807) is 28.4 Å². The van der Waals surface area contributed by atoms with Crippen molar-refractivity contribution in [1.82, 2.24) is 4.57 Å². The van der Waals surface area contributed by atoms with E-state index >= 15 is 0 Å². The maximum atomic E-state index is 5.50. The summed E-state index contributed by atoms with van der Waals surface area (Å²) in [5.41, 5.74) is 4.64. The number of hydrogen-bond donors (Lipinski definition) is 1. The van der Waals surface area contributed by atoms with Crippen LogP contribution in [-0.2, 0) is 0 Å². The van der Waals surface area contributed by atoms with E-state index in [0.717, 1.165) is 39.3 Å². The number of anilines is 2. The summed E-state index contributed by atoms with van der Waals surface area (Å²) in [5.74, 6) is 2.54. The second-order valence-corrected chi connectivity index (χ2v) is 7.17. The summed E-state index contributed by atoms with van der Waals surface area (Å²) in [6.45, 7) is 4.33. The molecule has 1 N–H and O–H groups in total. The summed E-state index contributed by atoms with van der Waals surface area (Å²) in [6.07, 6.45) is 2.01. The quantitative estimate of drug-likeness (QED) is 0.375. The van der Waals surface area contributed by atoms with Gasteiger partial charge >= 0.3 is 0 Å². The van der Waals surface area contributed by atoms with Crippen molar-refractivity contribution in [2.24, 2.45) is 0 Å². The molecule has 164 valence electrons. The Kier molecular flexibility index (Phi) is 5.94. The van der Waals surface area contributed by atoms with Crippen LogP contribution in [0.4, 0.5) is 11.4 Å². The summed E-state index contributed by atoms with van der Waals surface area (Å²) in [7, 11) is 6.45. The molecule has 1 aromatic heterocycles. The zero-order valence-corrected chi connectivity index (χ0v) is 18.6. The number of hydrogen-bond acceptors (Lipinski definition) is 5. The number of nitrogens with one attached hydrogen (secondary N) is 1. The molecule has 0 amide bonds. The van der Waals surface area contributed by atoms with Gasteiger partial charge in [-0.05, 0) is 54.6 Å². The van der Waals surface area contributed by atoms with Gasteiger partial charge in [-0.15, -0.1) is 0 Å². The van der Waals surface area contributed by atoms with Gasteiger partial charge in [0.2, 0.25) is 5.75 Å². The smallest absolute Gasteiger partial charge is 0.203 e. The Balaban J connectivity index is 1.70. The highest BCUT2D eigenvalue weighted by atomic mass is 16.5. The lowest BCUT2D eigenvalue weighted by Crippen LogP contribution is -2.00. The van der Waals surface area contributed by atoms with Crippen LogP contribution in [0.15, 0.2) is 73.4 Å². The van der Waals surface area contributed by atoms with E-state index in [1.165, 1.54) is 0 Å². The van der Waals surface area contributed by atoms with Crippen LogP contribution >= 0.6 is 0 Å². The van der Waals surface area contributed by atoms with Crippen LogP contribution in [0.25, 0.3) is 16.6 Å². The molecule has 0 atom stereocenters. The minimum Gasteiger partial charge on any atom is -0.497 e. The molecule has 0 aliphatic heterocycles. The second-order valence-electron chi connectivity index (χ2n) is 7.17. The summed E-state index contributed by atoms with van der Waals surface area (Å²) in [6, 6.07) is 19.9. The van der Waals surface area contributed by atoms with Crippen LogP contribution in [0.2, 0.25) is 0 Å². The third kappa shape index (κ3) is 3.95. The summed E-state index contributed by atoms with van der Waals surface area (Å²) in [5, 5.41) is 4.55. The third-order valence-electron chi connectivity index (χ3n) is 5.36. The minimum atomic E-state index is 0.551. The van der Waals surface area contributed by atoms with Crippen molar-refractivity contribution in [3.63, 3.8) is 0 Å². The largest absolute Gasteiger partial charge is 0.497 e. The SMILES string of the molecule is C=C(c1cc(OC)c(OC)c(OC)c1)n1ccc2ccc(Nc3ccc(OC)cc3)cc21. The van der Waals surface area contributed by atoms with Gasteiger partial charge in [0.05, 0.1) is 34.0 Å². The van der Waals surface area contributed by atoms with Crippen molar-refractivity contribution in [2.45, 2.75) is 0 Å². The lowest BCUT2D eigenvalue weighted by atomic mass is 10.1. The van der Waals surface area contributed by atoms with Gasteiger partial charge in [-0.3, -0.25) is 0 Å². The number of methoxy groups -OCH3 is 4. The highest BCUT2D eigenvalue weighted by Crippen LogP contribution is 2.40. The minimum absolute atomic E-state index is 0.551. The number of benzene rings is 3. The first-order valence-electron chi connectivity index (χ1n) is 10.1. The van der Waals surface area contributed by atoms with Crippen molar-refractivity contribution in [3.8, 4) is 23.0 Å². The van der Waals surface area contributed by atoms with Crippen molar-refractivity contribution < 1.29 is 18.9 Å². The average molecular weight is 431 g/mol. The van der Waals surface area contributed by atoms with E-state index in [1.807, 2.05) is 42.6 Å². The predicted molar refractivity (Wildman–Crippen MR) is 129 cm³/mol. The third-order valence-corrected chi connectivity index (χ3v) is 5.36. The predicted octanol–water partition coefficient (Wildman–Crippen LogP) is 5.94. The lowest BCUT2D eigenvalue weighted by Gasteiger charge is -2.16. The second kappa shape index (κ2) is 8.98.